The minimum absolute atomic E-state index is 0.0780. The van der Waals surface area contributed by atoms with Gasteiger partial charge in [0.2, 0.25) is 0 Å². The molecule has 6 heteroatoms. The molecule has 4 rings (SSSR count). The van der Waals surface area contributed by atoms with Crippen molar-refractivity contribution in [3.05, 3.63) is 64.7 Å². The van der Waals surface area contributed by atoms with Gasteiger partial charge in [0, 0.05) is 25.6 Å². The third kappa shape index (κ3) is 4.04. The lowest BCUT2D eigenvalue weighted by Crippen LogP contribution is -2.46. The van der Waals surface area contributed by atoms with Crippen molar-refractivity contribution in [2.75, 3.05) is 13.1 Å². The van der Waals surface area contributed by atoms with Crippen LogP contribution in [0.4, 0.5) is 4.79 Å². The van der Waals surface area contributed by atoms with Crippen molar-refractivity contribution in [2.45, 2.75) is 31.6 Å². The maximum Gasteiger partial charge on any atom is 0.317 e. The number of para-hydroxylation sites is 1. The number of halogens is 1. The van der Waals surface area contributed by atoms with Gasteiger partial charge < -0.3 is 20.1 Å². The number of ether oxygens (including phenoxy) is 1. The second kappa shape index (κ2) is 7.41. The van der Waals surface area contributed by atoms with Crippen molar-refractivity contribution in [3.63, 3.8) is 0 Å². The van der Waals surface area contributed by atoms with Crippen LogP contribution in [0.3, 0.4) is 0 Å². The van der Waals surface area contributed by atoms with E-state index in [1.807, 2.05) is 42.5 Å². The number of fused-ring (bicyclic) bond motifs is 1. The number of carbonyl (C=O) groups is 1. The van der Waals surface area contributed by atoms with E-state index < -0.39 is 5.60 Å². The number of piperidine rings is 1. The molecule has 2 aliphatic rings. The monoisotopic (exact) mass is 386 g/mol. The fourth-order valence-corrected chi connectivity index (χ4v) is 3.84. The van der Waals surface area contributed by atoms with Gasteiger partial charge in [-0.25, -0.2) is 4.79 Å². The van der Waals surface area contributed by atoms with Gasteiger partial charge in [-0.3, -0.25) is 0 Å². The Balaban J connectivity index is 1.34. The average Bonchev–Trinajstić information content (AvgIpc) is 3.36. The molecule has 2 amide bonds. The number of hydrogen-bond acceptors (Lipinski definition) is 3. The molecule has 1 saturated carbocycles. The number of nitrogens with zero attached hydrogens (tertiary/aromatic N) is 1. The molecule has 2 fully saturated rings. The number of carbonyl (C=O) groups excluding carboxylic acids is 1. The highest BCUT2D eigenvalue weighted by Crippen LogP contribution is 2.49. The molecular weight excluding hydrogens is 364 g/mol. The largest absolute Gasteiger partial charge is 0.487 e. The highest BCUT2D eigenvalue weighted by Gasteiger charge is 2.56. The number of urea groups is 1. The van der Waals surface area contributed by atoms with Crippen LogP contribution >= 0.6 is 11.6 Å². The van der Waals surface area contributed by atoms with Crippen molar-refractivity contribution in [1.82, 2.24) is 10.2 Å². The molecule has 1 aliphatic carbocycles. The maximum atomic E-state index is 12.5. The van der Waals surface area contributed by atoms with E-state index in [9.17, 15) is 9.90 Å². The summed E-state index contributed by atoms with van der Waals surface area (Å²) < 4.78 is 5.83. The van der Waals surface area contributed by atoms with Crippen LogP contribution < -0.4 is 10.1 Å². The van der Waals surface area contributed by atoms with E-state index in [1.165, 1.54) is 0 Å². The van der Waals surface area contributed by atoms with E-state index >= 15 is 0 Å². The predicted molar refractivity (Wildman–Crippen MR) is 104 cm³/mol. The molecule has 1 saturated heterocycles. The lowest BCUT2D eigenvalue weighted by Gasteiger charge is -2.29. The Labute approximate surface area is 163 Å². The van der Waals surface area contributed by atoms with Crippen LogP contribution in [-0.2, 0) is 13.2 Å². The van der Waals surface area contributed by atoms with Gasteiger partial charge in [0.15, 0.2) is 0 Å². The Kier molecular flexibility index (Phi) is 4.98. The number of hydrogen-bond donors (Lipinski definition) is 2. The van der Waals surface area contributed by atoms with Crippen LogP contribution in [0.1, 0.15) is 24.0 Å². The highest BCUT2D eigenvalue weighted by molar-refractivity contribution is 6.32. The summed E-state index contributed by atoms with van der Waals surface area (Å²) in [5, 5.41) is 13.7. The zero-order valence-corrected chi connectivity index (χ0v) is 15.8. The first kappa shape index (κ1) is 18.1. The molecule has 142 valence electrons. The molecule has 2 aromatic rings. The molecule has 0 unspecified atom stereocenters. The molecule has 2 aromatic carbocycles. The summed E-state index contributed by atoms with van der Waals surface area (Å²) in [6.07, 6.45) is 1.49. The summed E-state index contributed by atoms with van der Waals surface area (Å²) in [5.74, 6) is 0.886. The fourth-order valence-electron chi connectivity index (χ4n) is 3.65. The minimum atomic E-state index is -0.501. The predicted octanol–water partition coefficient (Wildman–Crippen LogP) is 3.59. The molecule has 2 atom stereocenters. The quantitative estimate of drug-likeness (QED) is 0.825. The van der Waals surface area contributed by atoms with Gasteiger partial charge in [-0.2, -0.15) is 0 Å². The number of amides is 2. The first-order chi connectivity index (χ1) is 13.0. The van der Waals surface area contributed by atoms with Gasteiger partial charge in [-0.05, 0) is 36.1 Å². The first-order valence-electron chi connectivity index (χ1n) is 9.24. The fraction of sp³-hybridized carbons (Fsp3) is 0.381. The number of aliphatic hydroxyl groups is 1. The van der Waals surface area contributed by atoms with E-state index in [0.29, 0.717) is 43.4 Å². The van der Waals surface area contributed by atoms with Crippen LogP contribution in [0.5, 0.6) is 5.75 Å². The smallest absolute Gasteiger partial charge is 0.317 e. The molecule has 0 bridgehead atoms. The van der Waals surface area contributed by atoms with Gasteiger partial charge in [0.25, 0.3) is 0 Å². The Bertz CT molecular complexity index is 844. The van der Waals surface area contributed by atoms with Gasteiger partial charge in [-0.1, -0.05) is 48.0 Å². The summed E-state index contributed by atoms with van der Waals surface area (Å²) in [4.78, 5) is 14.3. The number of nitrogens with one attached hydrogen (secondary N) is 1. The van der Waals surface area contributed by atoms with Gasteiger partial charge in [0.05, 0.1) is 10.6 Å². The second-order valence-electron chi connectivity index (χ2n) is 7.35. The van der Waals surface area contributed by atoms with Crippen LogP contribution in [-0.4, -0.2) is 34.7 Å². The number of rotatable bonds is 5. The SMILES string of the molecule is O=C(NCc1ccccc1COc1ccccc1Cl)N1CC[C@@]2(O)C[C@H]2C1. The summed E-state index contributed by atoms with van der Waals surface area (Å²) in [7, 11) is 0. The summed E-state index contributed by atoms with van der Waals surface area (Å²) in [5.41, 5.74) is 1.52. The molecule has 1 aliphatic heterocycles. The summed E-state index contributed by atoms with van der Waals surface area (Å²) in [6, 6.07) is 15.2. The van der Waals surface area contributed by atoms with Crippen molar-refractivity contribution >= 4 is 17.6 Å². The molecule has 27 heavy (non-hydrogen) atoms. The van der Waals surface area contributed by atoms with Crippen LogP contribution in [0.15, 0.2) is 48.5 Å². The van der Waals surface area contributed by atoms with E-state index in [1.54, 1.807) is 11.0 Å². The van der Waals surface area contributed by atoms with Crippen LogP contribution in [0, 0.1) is 5.92 Å². The second-order valence-corrected chi connectivity index (χ2v) is 7.75. The standard InChI is InChI=1S/C21H23ClN2O3/c22-18-7-3-4-8-19(18)27-14-16-6-2-1-5-15(16)12-23-20(25)24-10-9-21(26)11-17(21)13-24/h1-8,17,26H,9-14H2,(H,23,25)/t17-,21+/m0/s1. The molecule has 0 aromatic heterocycles. The Morgan fingerprint density at radius 2 is 1.96 bits per heavy atom. The molecule has 5 nitrogen and oxygen atoms in total. The normalized spacial score (nSPS) is 23.5. The minimum Gasteiger partial charge on any atom is -0.487 e. The summed E-state index contributed by atoms with van der Waals surface area (Å²) in [6.45, 7) is 2.07. The van der Waals surface area contributed by atoms with Gasteiger partial charge in [-0.15, -0.1) is 0 Å². The van der Waals surface area contributed by atoms with Crippen molar-refractivity contribution < 1.29 is 14.6 Å². The van der Waals surface area contributed by atoms with Crippen molar-refractivity contribution in [2.24, 2.45) is 5.92 Å². The zero-order valence-electron chi connectivity index (χ0n) is 15.0. The van der Waals surface area contributed by atoms with Crippen LogP contribution in [0.25, 0.3) is 0 Å². The third-order valence-corrected chi connectivity index (χ3v) is 5.82. The molecular formula is C21H23ClN2O3. The summed E-state index contributed by atoms with van der Waals surface area (Å²) >= 11 is 6.14. The lowest BCUT2D eigenvalue weighted by molar-refractivity contribution is 0.0748. The molecule has 0 spiro atoms. The van der Waals surface area contributed by atoms with E-state index in [-0.39, 0.29) is 11.9 Å². The zero-order chi connectivity index (χ0) is 18.9. The average molecular weight is 387 g/mol. The maximum absolute atomic E-state index is 12.5. The topological polar surface area (TPSA) is 61.8 Å². The molecule has 1 heterocycles. The van der Waals surface area contributed by atoms with E-state index in [0.717, 1.165) is 17.5 Å². The number of benzene rings is 2. The van der Waals surface area contributed by atoms with Crippen LogP contribution in [0.2, 0.25) is 5.02 Å². The first-order valence-corrected chi connectivity index (χ1v) is 9.62. The highest BCUT2D eigenvalue weighted by atomic mass is 35.5. The molecule has 0 radical (unpaired) electrons. The van der Waals surface area contributed by atoms with Crippen molar-refractivity contribution in [1.29, 1.82) is 0 Å². The van der Waals surface area contributed by atoms with E-state index in [4.69, 9.17) is 16.3 Å². The molecule has 2 N–H and O–H groups in total. The van der Waals surface area contributed by atoms with Gasteiger partial charge in [0.1, 0.15) is 12.4 Å². The van der Waals surface area contributed by atoms with Gasteiger partial charge >= 0.3 is 6.03 Å². The lowest BCUT2D eigenvalue weighted by atomic mass is 10.1. The Morgan fingerprint density at radius 1 is 1.22 bits per heavy atom. The Morgan fingerprint density at radius 3 is 2.74 bits per heavy atom. The van der Waals surface area contributed by atoms with Crippen molar-refractivity contribution in [3.8, 4) is 5.75 Å². The third-order valence-electron chi connectivity index (χ3n) is 5.51. The van der Waals surface area contributed by atoms with E-state index in [2.05, 4.69) is 5.32 Å². The Hall–Kier alpha value is -2.24. The number of likely N-dealkylation sites (tertiary alicyclic amines) is 1.